The zero-order chi connectivity index (χ0) is 32.0. The molecule has 5 rings (SSSR count). The van der Waals surface area contributed by atoms with Crippen LogP contribution in [0.2, 0.25) is 0 Å². The first-order valence-electron chi connectivity index (χ1n) is 14.6. The Labute approximate surface area is 257 Å². The number of hydrogen-bond acceptors (Lipinski definition) is 8. The molecule has 0 unspecified atom stereocenters. The maximum atomic E-state index is 14.0. The van der Waals surface area contributed by atoms with Gasteiger partial charge >= 0.3 is 12.8 Å². The highest BCUT2D eigenvalue weighted by atomic mass is 19.4. The van der Waals surface area contributed by atoms with Gasteiger partial charge in [0.15, 0.2) is 5.75 Å². The van der Waals surface area contributed by atoms with Crippen LogP contribution in [0.25, 0.3) is 0 Å². The second-order valence-corrected chi connectivity index (χ2v) is 10.8. The molecule has 2 aromatic rings. The van der Waals surface area contributed by atoms with E-state index >= 15 is 0 Å². The topological polar surface area (TPSA) is 106 Å². The number of halogens is 5. The molecule has 3 aliphatic rings. The van der Waals surface area contributed by atoms with Crippen molar-refractivity contribution in [2.45, 2.75) is 38.2 Å². The number of nitrogens with one attached hydrogen (secondary N) is 4. The summed E-state index contributed by atoms with van der Waals surface area (Å²) in [5.74, 6) is -1.24. The maximum absolute atomic E-state index is 14.0. The Morgan fingerprint density at radius 3 is 2.56 bits per heavy atom. The fourth-order valence-corrected chi connectivity index (χ4v) is 5.85. The second kappa shape index (κ2) is 14.2. The number of carbonyl (C=O) groups excluding carboxylic acids is 1. The molecule has 2 saturated heterocycles. The van der Waals surface area contributed by atoms with Crippen molar-refractivity contribution in [2.75, 3.05) is 61.5 Å². The molecule has 45 heavy (non-hydrogen) atoms. The summed E-state index contributed by atoms with van der Waals surface area (Å²) in [5, 5.41) is 11.4. The van der Waals surface area contributed by atoms with E-state index in [-0.39, 0.29) is 29.2 Å². The molecular formula is C30H35F5N8O2. The van der Waals surface area contributed by atoms with Crippen molar-refractivity contribution in [1.82, 2.24) is 15.5 Å². The Morgan fingerprint density at radius 2 is 1.87 bits per heavy atom. The van der Waals surface area contributed by atoms with E-state index < -0.39 is 36.8 Å². The van der Waals surface area contributed by atoms with E-state index in [9.17, 15) is 26.7 Å². The van der Waals surface area contributed by atoms with Crippen LogP contribution >= 0.6 is 0 Å². The van der Waals surface area contributed by atoms with Gasteiger partial charge in [-0.25, -0.2) is 4.99 Å². The largest absolute Gasteiger partial charge is 0.433 e. The van der Waals surface area contributed by atoms with Gasteiger partial charge in [-0.3, -0.25) is 14.7 Å². The zero-order valence-corrected chi connectivity index (χ0v) is 24.5. The van der Waals surface area contributed by atoms with Crippen molar-refractivity contribution in [1.29, 1.82) is 0 Å². The number of amidine groups is 1. The summed E-state index contributed by atoms with van der Waals surface area (Å²) in [4.78, 5) is 24.3. The highest BCUT2D eigenvalue weighted by Gasteiger charge is 2.38. The molecule has 3 heterocycles. The van der Waals surface area contributed by atoms with Crippen molar-refractivity contribution >= 4 is 35.5 Å². The van der Waals surface area contributed by atoms with Gasteiger partial charge in [0.05, 0.1) is 16.9 Å². The molecule has 0 atom stereocenters. The number of amides is 1. The van der Waals surface area contributed by atoms with Crippen LogP contribution in [-0.2, 0) is 6.54 Å². The van der Waals surface area contributed by atoms with Gasteiger partial charge in [-0.05, 0) is 43.3 Å². The Kier molecular flexibility index (Phi) is 10.2. The summed E-state index contributed by atoms with van der Waals surface area (Å²) in [7, 11) is 0. The molecule has 3 aliphatic heterocycles. The fraction of sp³-hybridized carbons (Fsp3) is 0.433. The molecule has 2 aromatic carbocycles. The molecule has 2 fully saturated rings. The van der Waals surface area contributed by atoms with Gasteiger partial charge in [0.2, 0.25) is 0 Å². The molecule has 0 aliphatic carbocycles. The Morgan fingerprint density at radius 1 is 1.11 bits per heavy atom. The quantitative estimate of drug-likeness (QED) is 0.174. The molecule has 0 spiro atoms. The lowest BCUT2D eigenvalue weighted by atomic mass is 10.0. The number of carbonyl (C=O) groups is 1. The van der Waals surface area contributed by atoms with Crippen LogP contribution in [0.15, 0.2) is 58.2 Å². The van der Waals surface area contributed by atoms with Gasteiger partial charge in [-0.1, -0.05) is 12.1 Å². The number of aliphatic imine (C=N–C) groups is 2. The number of anilines is 3. The summed E-state index contributed by atoms with van der Waals surface area (Å²) in [5.41, 5.74) is 0.523. The molecule has 1 amide bonds. The number of nitrogens with zero attached hydrogens (tertiary/aromatic N) is 4. The summed E-state index contributed by atoms with van der Waals surface area (Å²) in [6, 6.07) is 10.0. The van der Waals surface area contributed by atoms with Crippen molar-refractivity contribution in [3.63, 3.8) is 0 Å². The van der Waals surface area contributed by atoms with E-state index in [1.165, 1.54) is 18.2 Å². The monoisotopic (exact) mass is 634 g/mol. The second-order valence-electron chi connectivity index (χ2n) is 10.8. The van der Waals surface area contributed by atoms with Crippen molar-refractivity contribution in [3.05, 3.63) is 59.3 Å². The predicted molar refractivity (Wildman–Crippen MR) is 164 cm³/mol. The van der Waals surface area contributed by atoms with E-state index in [1.807, 2.05) is 0 Å². The number of alkyl halides is 5. The standard InChI is InChI=1S/C30H35F5N8O2/c1-36-17-22(30(33,34)35)27(41-24-4-2-3-19-16-38-28(44)26(19)24)40-18-39-23-6-5-21(15-25(23)45-29(31)32)42-11-7-20(8-12-42)43-13-9-37-10-14-43/h2-6,15,17,20,29,37,39H,1,7-14,16,18H2,(H,38,44)(H,40,41)/b22-17+. The molecule has 242 valence electrons. The highest BCUT2D eigenvalue weighted by Crippen LogP contribution is 2.34. The van der Waals surface area contributed by atoms with E-state index in [0.717, 1.165) is 52.1 Å². The Balaban J connectivity index is 1.34. The third-order valence-corrected chi connectivity index (χ3v) is 8.04. The van der Waals surface area contributed by atoms with E-state index in [0.29, 0.717) is 23.5 Å². The maximum Gasteiger partial charge on any atom is 0.421 e. The molecular weight excluding hydrogens is 599 g/mol. The summed E-state index contributed by atoms with van der Waals surface area (Å²) >= 11 is 0. The van der Waals surface area contributed by atoms with Gasteiger partial charge < -0.3 is 30.9 Å². The van der Waals surface area contributed by atoms with Crippen LogP contribution in [0, 0.1) is 0 Å². The van der Waals surface area contributed by atoms with Crippen LogP contribution < -0.4 is 30.9 Å². The average molecular weight is 635 g/mol. The summed E-state index contributed by atoms with van der Waals surface area (Å²) < 4.78 is 73.7. The summed E-state index contributed by atoms with van der Waals surface area (Å²) in [6.45, 7) is 5.24. The van der Waals surface area contributed by atoms with Gasteiger partial charge in [-0.2, -0.15) is 22.0 Å². The molecule has 15 heteroatoms. The van der Waals surface area contributed by atoms with Crippen LogP contribution in [-0.4, -0.2) is 88.1 Å². The first kappa shape index (κ1) is 32.2. The van der Waals surface area contributed by atoms with Crippen LogP contribution in [0.4, 0.5) is 39.0 Å². The molecule has 4 N–H and O–H groups in total. The van der Waals surface area contributed by atoms with Gasteiger partial charge in [0, 0.05) is 69.8 Å². The number of rotatable bonds is 10. The first-order chi connectivity index (χ1) is 21.6. The van der Waals surface area contributed by atoms with Gasteiger partial charge in [0.25, 0.3) is 5.91 Å². The lowest BCUT2D eigenvalue weighted by Crippen LogP contribution is -2.52. The fourth-order valence-electron chi connectivity index (χ4n) is 5.85. The minimum atomic E-state index is -4.88. The minimum Gasteiger partial charge on any atom is -0.433 e. The van der Waals surface area contributed by atoms with Gasteiger partial charge in [-0.15, -0.1) is 0 Å². The van der Waals surface area contributed by atoms with E-state index in [4.69, 9.17) is 4.74 Å². The number of ether oxygens (including phenoxy) is 1. The molecule has 0 bridgehead atoms. The molecule has 0 aromatic heterocycles. The number of fused-ring (bicyclic) bond motifs is 1. The third kappa shape index (κ3) is 7.89. The summed E-state index contributed by atoms with van der Waals surface area (Å²) in [6.07, 6.45) is -2.48. The molecule has 0 saturated carbocycles. The van der Waals surface area contributed by atoms with Gasteiger partial charge in [0.1, 0.15) is 18.1 Å². The Hall–Kier alpha value is -4.24. The molecule has 10 nitrogen and oxygen atoms in total. The normalized spacial score (nSPS) is 18.5. The zero-order valence-electron chi connectivity index (χ0n) is 24.5. The SMILES string of the molecule is C=N/C=C(\C(=N/CNc1ccc(N2CCC(N3CCNCC3)CC2)cc1OC(F)F)Nc1cccc2c1C(=O)NC2)C(F)(F)F. The van der Waals surface area contributed by atoms with E-state index in [1.54, 1.807) is 18.2 Å². The first-order valence-corrected chi connectivity index (χ1v) is 14.6. The smallest absolute Gasteiger partial charge is 0.421 e. The molecule has 0 radical (unpaired) electrons. The minimum absolute atomic E-state index is 0.118. The van der Waals surface area contributed by atoms with E-state index in [2.05, 4.69) is 47.8 Å². The van der Waals surface area contributed by atoms with Crippen molar-refractivity contribution in [2.24, 2.45) is 9.98 Å². The number of hydrogen-bond donors (Lipinski definition) is 4. The lowest BCUT2D eigenvalue weighted by molar-refractivity contribution is -0.0862. The van der Waals surface area contributed by atoms with Crippen molar-refractivity contribution < 1.29 is 31.5 Å². The lowest BCUT2D eigenvalue weighted by Gasteiger charge is -2.41. The number of benzene rings is 2. The highest BCUT2D eigenvalue weighted by molar-refractivity contribution is 6.13. The van der Waals surface area contributed by atoms with Crippen LogP contribution in [0.5, 0.6) is 5.75 Å². The number of piperidine rings is 1. The van der Waals surface area contributed by atoms with Crippen molar-refractivity contribution in [3.8, 4) is 5.75 Å². The third-order valence-electron chi connectivity index (χ3n) is 8.04. The Bertz CT molecular complexity index is 1430. The average Bonchev–Trinajstić information content (AvgIpc) is 3.41. The predicted octanol–water partition coefficient (Wildman–Crippen LogP) is 4.43. The van der Waals surface area contributed by atoms with Crippen LogP contribution in [0.3, 0.4) is 0 Å². The number of piperazine rings is 1. The van der Waals surface area contributed by atoms with Crippen LogP contribution in [0.1, 0.15) is 28.8 Å².